The van der Waals surface area contributed by atoms with Crippen molar-refractivity contribution in [2.75, 3.05) is 13.1 Å². The first-order valence-corrected chi connectivity index (χ1v) is 20.7. The summed E-state index contributed by atoms with van der Waals surface area (Å²) in [7, 11) is 0. The van der Waals surface area contributed by atoms with Gasteiger partial charge in [0.05, 0.1) is 12.2 Å². The molecule has 4 aliphatic rings. The van der Waals surface area contributed by atoms with Crippen LogP contribution in [0, 0.1) is 29.1 Å². The molecule has 1 aliphatic heterocycles. The lowest BCUT2D eigenvalue weighted by Gasteiger charge is -2.43. The average Bonchev–Trinajstić information content (AvgIpc) is 3.90. The van der Waals surface area contributed by atoms with E-state index in [-0.39, 0.29) is 35.3 Å². The molecule has 3 aliphatic carbocycles. The Labute approximate surface area is 320 Å². The highest BCUT2D eigenvalue weighted by molar-refractivity contribution is 6.38. The molecule has 2 heterocycles. The second-order valence-corrected chi connectivity index (χ2v) is 17.1. The molecule has 54 heavy (non-hydrogen) atoms. The van der Waals surface area contributed by atoms with Crippen molar-refractivity contribution in [3.8, 4) is 0 Å². The van der Waals surface area contributed by atoms with Crippen LogP contribution in [0.1, 0.15) is 141 Å². The number of likely N-dealkylation sites (tertiary alicyclic amines) is 1. The summed E-state index contributed by atoms with van der Waals surface area (Å²) in [5.41, 5.74) is -0.461. The van der Waals surface area contributed by atoms with Crippen LogP contribution < -0.4 is 21.3 Å². The number of hydrogen-bond acceptors (Lipinski definition) is 8. The SMILES string of the molecule is CCCNC(=O)C(=O)C(CC1CC1)NC(=O)[C@@H]1[C@@H](CC(C)C)CCN1C(=O)[C@@H](NC(=O)[C@@H](NC(=O)c1cnccn1)C1CCCCC1)C1(C)CCCCC1. The Hall–Kier alpha value is -3.90. The van der Waals surface area contributed by atoms with Gasteiger partial charge in [-0.2, -0.15) is 0 Å². The van der Waals surface area contributed by atoms with E-state index in [4.69, 9.17) is 0 Å². The first-order chi connectivity index (χ1) is 25.9. The van der Waals surface area contributed by atoms with Crippen molar-refractivity contribution in [2.45, 2.75) is 155 Å². The van der Waals surface area contributed by atoms with E-state index < -0.39 is 59.0 Å². The number of nitrogens with one attached hydrogen (secondary N) is 4. The third-order valence-electron chi connectivity index (χ3n) is 12.2. The minimum absolute atomic E-state index is 0.106. The lowest BCUT2D eigenvalue weighted by molar-refractivity contribution is -0.147. The van der Waals surface area contributed by atoms with Crippen LogP contribution >= 0.6 is 0 Å². The first-order valence-electron chi connectivity index (χ1n) is 20.7. The quantitative estimate of drug-likeness (QED) is 0.171. The zero-order chi connectivity index (χ0) is 38.8. The highest BCUT2D eigenvalue weighted by Crippen LogP contribution is 2.41. The number of hydrogen-bond donors (Lipinski definition) is 4. The molecule has 4 N–H and O–H groups in total. The molecule has 1 saturated heterocycles. The van der Waals surface area contributed by atoms with Crippen LogP contribution in [0.15, 0.2) is 18.6 Å². The van der Waals surface area contributed by atoms with Crippen molar-refractivity contribution in [1.82, 2.24) is 36.1 Å². The van der Waals surface area contributed by atoms with Crippen molar-refractivity contribution in [3.05, 3.63) is 24.3 Å². The maximum absolute atomic E-state index is 15.1. The number of aromatic nitrogens is 2. The Balaban J connectivity index is 1.43. The van der Waals surface area contributed by atoms with Crippen LogP contribution in [0.4, 0.5) is 0 Å². The molecule has 298 valence electrons. The maximum Gasteiger partial charge on any atom is 0.289 e. The van der Waals surface area contributed by atoms with Crippen LogP contribution in [0.2, 0.25) is 0 Å². The molecule has 5 amide bonds. The van der Waals surface area contributed by atoms with Gasteiger partial charge in [-0.25, -0.2) is 4.98 Å². The Morgan fingerprint density at radius 3 is 2.20 bits per heavy atom. The van der Waals surface area contributed by atoms with Gasteiger partial charge < -0.3 is 26.2 Å². The van der Waals surface area contributed by atoms with Gasteiger partial charge in [0, 0.05) is 25.5 Å². The van der Waals surface area contributed by atoms with Gasteiger partial charge in [-0.15, -0.1) is 0 Å². The lowest BCUT2D eigenvalue weighted by atomic mass is 9.69. The first kappa shape index (κ1) is 41.3. The molecule has 0 radical (unpaired) electrons. The van der Waals surface area contributed by atoms with Gasteiger partial charge in [0.15, 0.2) is 0 Å². The van der Waals surface area contributed by atoms with Gasteiger partial charge in [-0.3, -0.25) is 33.8 Å². The minimum Gasteiger partial charge on any atom is -0.349 e. The molecule has 0 aromatic carbocycles. The largest absolute Gasteiger partial charge is 0.349 e. The fraction of sp³-hybridized carbons (Fsp3) is 0.756. The molecule has 0 bridgehead atoms. The third-order valence-corrected chi connectivity index (χ3v) is 12.2. The van der Waals surface area contributed by atoms with E-state index >= 15 is 4.79 Å². The zero-order valence-electron chi connectivity index (χ0n) is 32.9. The lowest BCUT2D eigenvalue weighted by Crippen LogP contribution is -2.63. The second-order valence-electron chi connectivity index (χ2n) is 17.1. The normalized spacial score (nSPS) is 23.2. The van der Waals surface area contributed by atoms with E-state index in [0.717, 1.165) is 77.0 Å². The van der Waals surface area contributed by atoms with Crippen LogP contribution in [0.5, 0.6) is 0 Å². The van der Waals surface area contributed by atoms with E-state index in [1.165, 1.54) is 18.6 Å². The summed E-state index contributed by atoms with van der Waals surface area (Å²) in [6, 6.07) is -3.63. The molecule has 13 nitrogen and oxygen atoms in total. The molecule has 1 aromatic rings. The van der Waals surface area contributed by atoms with Crippen LogP contribution in [0.25, 0.3) is 0 Å². The fourth-order valence-electron chi connectivity index (χ4n) is 9.05. The van der Waals surface area contributed by atoms with Crippen molar-refractivity contribution in [3.63, 3.8) is 0 Å². The van der Waals surface area contributed by atoms with E-state index in [2.05, 4.69) is 52.0 Å². The van der Waals surface area contributed by atoms with E-state index in [0.29, 0.717) is 38.8 Å². The molecule has 1 aromatic heterocycles. The number of rotatable bonds is 17. The van der Waals surface area contributed by atoms with Gasteiger partial charge >= 0.3 is 0 Å². The van der Waals surface area contributed by atoms with Gasteiger partial charge in [-0.1, -0.05) is 79.1 Å². The van der Waals surface area contributed by atoms with Gasteiger partial charge in [-0.05, 0) is 80.5 Å². The van der Waals surface area contributed by atoms with Crippen LogP contribution in [-0.4, -0.2) is 87.4 Å². The molecular formula is C41H63N7O6. The van der Waals surface area contributed by atoms with Crippen molar-refractivity contribution in [1.29, 1.82) is 0 Å². The smallest absolute Gasteiger partial charge is 0.289 e. The average molecular weight is 750 g/mol. The molecule has 5 atom stereocenters. The summed E-state index contributed by atoms with van der Waals surface area (Å²) in [5, 5.41) is 11.8. The van der Waals surface area contributed by atoms with Crippen molar-refractivity contribution < 1.29 is 28.8 Å². The summed E-state index contributed by atoms with van der Waals surface area (Å²) < 4.78 is 0. The predicted molar refractivity (Wildman–Crippen MR) is 204 cm³/mol. The summed E-state index contributed by atoms with van der Waals surface area (Å²) in [6.07, 6.45) is 17.4. The van der Waals surface area contributed by atoms with Crippen molar-refractivity contribution >= 4 is 35.3 Å². The van der Waals surface area contributed by atoms with Crippen LogP contribution in [0.3, 0.4) is 0 Å². The number of carbonyl (C=O) groups is 6. The molecule has 1 unspecified atom stereocenters. The predicted octanol–water partition coefficient (Wildman–Crippen LogP) is 4.25. The van der Waals surface area contributed by atoms with E-state index in [1.54, 1.807) is 4.90 Å². The summed E-state index contributed by atoms with van der Waals surface area (Å²) in [6.45, 7) is 8.84. The molecular weight excluding hydrogens is 686 g/mol. The summed E-state index contributed by atoms with van der Waals surface area (Å²) in [5.74, 6) is -2.74. The Morgan fingerprint density at radius 2 is 1.57 bits per heavy atom. The minimum atomic E-state index is -0.973. The van der Waals surface area contributed by atoms with E-state index in [9.17, 15) is 24.0 Å². The van der Waals surface area contributed by atoms with Gasteiger partial charge in [0.1, 0.15) is 23.8 Å². The molecule has 5 rings (SSSR count). The number of carbonyl (C=O) groups excluding carboxylic acids is 6. The Morgan fingerprint density at radius 1 is 0.870 bits per heavy atom. The van der Waals surface area contributed by atoms with Crippen molar-refractivity contribution in [2.24, 2.45) is 29.1 Å². The summed E-state index contributed by atoms with van der Waals surface area (Å²) >= 11 is 0. The van der Waals surface area contributed by atoms with E-state index in [1.807, 2.05) is 6.92 Å². The second kappa shape index (κ2) is 19.1. The molecule has 3 saturated carbocycles. The third kappa shape index (κ3) is 10.6. The highest BCUT2D eigenvalue weighted by Gasteiger charge is 2.50. The number of Topliss-reactive ketones (excluding diaryl/α,β-unsaturated/α-hetero) is 1. The van der Waals surface area contributed by atoms with Gasteiger partial charge in [0.25, 0.3) is 11.8 Å². The Kier molecular flexibility index (Phi) is 14.6. The number of ketones is 1. The molecule has 0 spiro atoms. The molecule has 4 fully saturated rings. The highest BCUT2D eigenvalue weighted by atomic mass is 16.2. The number of amides is 5. The Bertz CT molecular complexity index is 1470. The number of nitrogens with zero attached hydrogens (tertiary/aromatic N) is 3. The van der Waals surface area contributed by atoms with Gasteiger partial charge in [0.2, 0.25) is 23.5 Å². The topological polar surface area (TPSA) is 180 Å². The summed E-state index contributed by atoms with van der Waals surface area (Å²) in [4.78, 5) is 93.4. The zero-order valence-corrected chi connectivity index (χ0v) is 32.9. The standard InChI is InChI=1S/C41H63N7O6/c1-5-19-44-39(53)34(49)30(24-27-14-15-27)45-38(52)33-29(23-26(2)3)16-22-48(33)40(54)35(41(4)17-10-7-11-18-41)47-37(51)32(28-12-8-6-9-13-28)46-36(50)31-25-42-20-21-43-31/h20-21,25-30,32-33,35H,5-19,22-24H2,1-4H3,(H,44,53)(H,45,52)(H,46,50)(H,47,51)/t29-,30?,32+,33+,35-/m1/s1. The molecule has 13 heteroatoms. The van der Waals surface area contributed by atoms with Crippen LogP contribution in [-0.2, 0) is 24.0 Å². The monoisotopic (exact) mass is 749 g/mol. The fourth-order valence-corrected chi connectivity index (χ4v) is 9.05. The maximum atomic E-state index is 15.1.